The number of nitrogens with two attached hydrogens (primary N) is 1. The molecule has 1 fully saturated rings. The van der Waals surface area contributed by atoms with Gasteiger partial charge in [-0.15, -0.1) is 0 Å². The fraction of sp³-hybridized carbons (Fsp3) is 0.385. The molecule has 6 heteroatoms. The van der Waals surface area contributed by atoms with Gasteiger partial charge >= 0.3 is 5.97 Å². The van der Waals surface area contributed by atoms with Crippen molar-refractivity contribution in [1.82, 2.24) is 4.90 Å². The lowest BCUT2D eigenvalue weighted by Crippen LogP contribution is -2.40. The smallest absolute Gasteiger partial charge is 0.306 e. The molecule has 0 aliphatic carbocycles. The monoisotopic (exact) mass is 326 g/mol. The molecule has 1 aromatic rings. The highest BCUT2D eigenvalue weighted by molar-refractivity contribution is 9.10. The second kappa shape index (κ2) is 5.61. The van der Waals surface area contributed by atoms with Gasteiger partial charge < -0.3 is 15.7 Å². The van der Waals surface area contributed by atoms with Crippen molar-refractivity contribution in [2.45, 2.75) is 12.8 Å². The fourth-order valence-electron chi connectivity index (χ4n) is 2.22. The number of nitrogen functional groups attached to an aromatic ring is 1. The van der Waals surface area contributed by atoms with Gasteiger partial charge in [0.2, 0.25) is 0 Å². The lowest BCUT2D eigenvalue weighted by atomic mass is 9.96. The zero-order chi connectivity index (χ0) is 14.0. The molecule has 0 atom stereocenters. The quantitative estimate of drug-likeness (QED) is 0.814. The number of anilines is 1. The van der Waals surface area contributed by atoms with Crippen molar-refractivity contribution in [2.24, 2.45) is 5.92 Å². The Bertz CT molecular complexity index is 511. The number of hydrogen-bond acceptors (Lipinski definition) is 3. The molecule has 5 nitrogen and oxygen atoms in total. The summed E-state index contributed by atoms with van der Waals surface area (Å²) in [7, 11) is 0. The first-order chi connectivity index (χ1) is 9.00. The minimum Gasteiger partial charge on any atom is -0.481 e. The van der Waals surface area contributed by atoms with Crippen LogP contribution in [0.1, 0.15) is 23.2 Å². The number of aliphatic carboxylic acids is 1. The number of para-hydroxylation sites is 1. The van der Waals surface area contributed by atoms with Crippen molar-refractivity contribution in [3.63, 3.8) is 0 Å². The summed E-state index contributed by atoms with van der Waals surface area (Å²) in [6.45, 7) is 0.920. The Hall–Kier alpha value is -1.56. The van der Waals surface area contributed by atoms with Gasteiger partial charge in [0, 0.05) is 17.6 Å². The fourth-order valence-corrected chi connectivity index (χ4v) is 2.59. The van der Waals surface area contributed by atoms with E-state index >= 15 is 0 Å². The van der Waals surface area contributed by atoms with Crippen LogP contribution in [0.3, 0.4) is 0 Å². The zero-order valence-electron chi connectivity index (χ0n) is 10.3. The lowest BCUT2D eigenvalue weighted by molar-refractivity contribution is -0.143. The Morgan fingerprint density at radius 1 is 1.32 bits per heavy atom. The van der Waals surface area contributed by atoms with Crippen LogP contribution >= 0.6 is 15.9 Å². The van der Waals surface area contributed by atoms with Crippen molar-refractivity contribution < 1.29 is 14.7 Å². The highest BCUT2D eigenvalue weighted by Crippen LogP contribution is 2.26. The van der Waals surface area contributed by atoms with Gasteiger partial charge in [-0.05, 0) is 40.9 Å². The summed E-state index contributed by atoms with van der Waals surface area (Å²) in [5.74, 6) is -1.26. The Morgan fingerprint density at radius 2 is 1.95 bits per heavy atom. The maximum absolute atomic E-state index is 12.3. The first-order valence-corrected chi connectivity index (χ1v) is 6.86. The number of nitrogens with zero attached hydrogens (tertiary/aromatic N) is 1. The Labute approximate surface area is 119 Å². The molecule has 0 unspecified atom stereocenters. The Balaban J connectivity index is 2.09. The summed E-state index contributed by atoms with van der Waals surface area (Å²) in [6.07, 6.45) is 0.990. The second-order valence-corrected chi connectivity index (χ2v) is 5.46. The minimum absolute atomic E-state index is 0.136. The summed E-state index contributed by atoms with van der Waals surface area (Å²) in [5, 5.41) is 8.93. The standard InChI is InChI=1S/C13H15BrN2O3/c14-10-3-1-2-9(11(10)15)12(17)16-6-4-8(5-7-16)13(18)19/h1-3,8H,4-7,15H2,(H,18,19). The van der Waals surface area contributed by atoms with Crippen molar-refractivity contribution in [3.8, 4) is 0 Å². The maximum Gasteiger partial charge on any atom is 0.306 e. The highest BCUT2D eigenvalue weighted by Gasteiger charge is 2.28. The average Bonchev–Trinajstić information content (AvgIpc) is 2.41. The number of carbonyl (C=O) groups is 2. The van der Waals surface area contributed by atoms with Gasteiger partial charge in [0.25, 0.3) is 5.91 Å². The molecular formula is C13H15BrN2O3. The topological polar surface area (TPSA) is 83.6 Å². The molecule has 0 saturated carbocycles. The SMILES string of the molecule is Nc1c(Br)cccc1C(=O)N1CCC(C(=O)O)CC1. The minimum atomic E-state index is -0.783. The van der Waals surface area contributed by atoms with Crippen molar-refractivity contribution >= 4 is 33.5 Å². The number of carbonyl (C=O) groups excluding carboxylic acids is 1. The maximum atomic E-state index is 12.3. The van der Waals surface area contributed by atoms with E-state index in [1.54, 1.807) is 23.1 Å². The average molecular weight is 327 g/mol. The van der Waals surface area contributed by atoms with Gasteiger partial charge in [-0.3, -0.25) is 9.59 Å². The van der Waals surface area contributed by atoms with E-state index in [1.165, 1.54) is 0 Å². The zero-order valence-corrected chi connectivity index (χ0v) is 11.9. The van der Waals surface area contributed by atoms with Gasteiger partial charge in [0.05, 0.1) is 17.2 Å². The van der Waals surface area contributed by atoms with E-state index in [9.17, 15) is 9.59 Å². The largest absolute Gasteiger partial charge is 0.481 e. The summed E-state index contributed by atoms with van der Waals surface area (Å²) in [5.41, 5.74) is 6.76. The van der Waals surface area contributed by atoms with Gasteiger partial charge in [-0.1, -0.05) is 6.07 Å². The van der Waals surface area contributed by atoms with Crippen molar-refractivity contribution in [2.75, 3.05) is 18.8 Å². The number of halogens is 1. The number of rotatable bonds is 2. The molecule has 2 rings (SSSR count). The Kier molecular flexibility index (Phi) is 4.09. The number of carboxylic acid groups (broad SMARTS) is 1. The number of piperidine rings is 1. The Morgan fingerprint density at radius 3 is 2.53 bits per heavy atom. The molecule has 19 heavy (non-hydrogen) atoms. The van der Waals surface area contributed by atoms with E-state index in [0.717, 1.165) is 0 Å². The van der Waals surface area contributed by atoms with Crippen LogP contribution in [0, 0.1) is 5.92 Å². The predicted octanol–water partition coefficient (Wildman–Crippen LogP) is 1.97. The third-order valence-electron chi connectivity index (χ3n) is 3.41. The molecule has 102 valence electrons. The molecule has 0 spiro atoms. The molecule has 0 radical (unpaired) electrons. The van der Waals surface area contributed by atoms with E-state index in [0.29, 0.717) is 41.7 Å². The summed E-state index contributed by atoms with van der Waals surface area (Å²) in [4.78, 5) is 24.9. The van der Waals surface area contributed by atoms with Gasteiger partial charge in [-0.25, -0.2) is 0 Å². The number of hydrogen-bond donors (Lipinski definition) is 2. The van der Waals surface area contributed by atoms with Crippen LogP contribution in [0.15, 0.2) is 22.7 Å². The van der Waals surface area contributed by atoms with Gasteiger partial charge in [0.1, 0.15) is 0 Å². The number of benzene rings is 1. The summed E-state index contributed by atoms with van der Waals surface area (Å²) in [6, 6.07) is 5.23. The van der Waals surface area contributed by atoms with Crippen LogP contribution in [0.4, 0.5) is 5.69 Å². The van der Waals surface area contributed by atoms with E-state index in [1.807, 2.05) is 0 Å². The number of amides is 1. The van der Waals surface area contributed by atoms with Crippen LogP contribution in [-0.2, 0) is 4.79 Å². The van der Waals surface area contributed by atoms with E-state index in [-0.39, 0.29) is 11.8 Å². The molecule has 1 saturated heterocycles. The second-order valence-electron chi connectivity index (χ2n) is 4.61. The first kappa shape index (κ1) is 13.9. The van der Waals surface area contributed by atoms with E-state index in [4.69, 9.17) is 10.8 Å². The number of carboxylic acids is 1. The molecular weight excluding hydrogens is 312 g/mol. The lowest BCUT2D eigenvalue weighted by Gasteiger charge is -2.30. The summed E-state index contributed by atoms with van der Waals surface area (Å²) >= 11 is 3.29. The van der Waals surface area contributed by atoms with Crippen molar-refractivity contribution in [1.29, 1.82) is 0 Å². The van der Waals surface area contributed by atoms with Crippen LogP contribution in [0.25, 0.3) is 0 Å². The molecule has 0 bridgehead atoms. The normalized spacial score (nSPS) is 16.4. The third kappa shape index (κ3) is 2.89. The molecule has 1 heterocycles. The van der Waals surface area contributed by atoms with E-state index < -0.39 is 5.97 Å². The molecule has 3 N–H and O–H groups in total. The summed E-state index contributed by atoms with van der Waals surface area (Å²) < 4.78 is 0.693. The van der Waals surface area contributed by atoms with Gasteiger partial charge in [-0.2, -0.15) is 0 Å². The molecule has 1 amide bonds. The van der Waals surface area contributed by atoms with Crippen LogP contribution in [0.5, 0.6) is 0 Å². The van der Waals surface area contributed by atoms with Crippen LogP contribution in [0.2, 0.25) is 0 Å². The molecule has 1 aliphatic rings. The first-order valence-electron chi connectivity index (χ1n) is 6.06. The third-order valence-corrected chi connectivity index (χ3v) is 4.11. The van der Waals surface area contributed by atoms with Gasteiger partial charge in [0.15, 0.2) is 0 Å². The van der Waals surface area contributed by atoms with E-state index in [2.05, 4.69) is 15.9 Å². The highest BCUT2D eigenvalue weighted by atomic mass is 79.9. The molecule has 0 aromatic heterocycles. The number of likely N-dealkylation sites (tertiary alicyclic amines) is 1. The predicted molar refractivity (Wildman–Crippen MR) is 74.8 cm³/mol. The molecule has 1 aliphatic heterocycles. The van der Waals surface area contributed by atoms with Crippen LogP contribution in [-0.4, -0.2) is 35.0 Å². The molecule has 1 aromatic carbocycles. The van der Waals surface area contributed by atoms with Crippen molar-refractivity contribution in [3.05, 3.63) is 28.2 Å². The van der Waals surface area contributed by atoms with Crippen LogP contribution < -0.4 is 5.73 Å².